The Morgan fingerprint density at radius 1 is 1.48 bits per heavy atom. The van der Waals surface area contributed by atoms with Crippen LogP contribution in [0.1, 0.15) is 44.8 Å². The largest absolute Gasteiger partial charge is 0.463 e. The third-order valence-electron chi connectivity index (χ3n) is 3.92. The molecular formula is C19H25NO5. The lowest BCUT2D eigenvalue weighted by Gasteiger charge is -2.20. The number of carbonyl (C=O) groups is 1. The zero-order valence-electron chi connectivity index (χ0n) is 14.7. The molecule has 1 rings (SSSR count). The molecular weight excluding hydrogens is 322 g/mol. The Balaban J connectivity index is 2.59. The number of ether oxygens (including phenoxy) is 1. The summed E-state index contributed by atoms with van der Waals surface area (Å²) in [5, 5.41) is 21.3. The van der Waals surface area contributed by atoms with Crippen LogP contribution in [0.5, 0.6) is 0 Å². The van der Waals surface area contributed by atoms with E-state index < -0.39 is 17.0 Å². The van der Waals surface area contributed by atoms with Crippen molar-refractivity contribution in [2.75, 3.05) is 6.61 Å². The Labute approximate surface area is 148 Å². The lowest BCUT2D eigenvalue weighted by atomic mass is 9.89. The number of esters is 1. The first-order valence-corrected chi connectivity index (χ1v) is 8.30. The van der Waals surface area contributed by atoms with Crippen LogP contribution in [0.4, 0.5) is 5.69 Å². The minimum atomic E-state index is -0.905. The van der Waals surface area contributed by atoms with Gasteiger partial charge in [0, 0.05) is 24.1 Å². The third-order valence-corrected chi connectivity index (χ3v) is 3.92. The van der Waals surface area contributed by atoms with Crippen LogP contribution in [0.2, 0.25) is 0 Å². The third kappa shape index (κ3) is 6.89. The number of benzene rings is 1. The summed E-state index contributed by atoms with van der Waals surface area (Å²) in [6.07, 6.45) is 4.30. The molecule has 1 aromatic rings. The van der Waals surface area contributed by atoms with Gasteiger partial charge in [-0.15, -0.1) is 0 Å². The molecule has 0 aliphatic rings. The highest BCUT2D eigenvalue weighted by atomic mass is 16.6. The number of nitro groups is 1. The Hall–Kier alpha value is -2.47. The lowest BCUT2D eigenvalue weighted by Crippen LogP contribution is -2.11. The van der Waals surface area contributed by atoms with Crippen LogP contribution >= 0.6 is 0 Å². The second kappa shape index (κ2) is 10.4. The molecule has 0 unspecified atom stereocenters. The molecule has 2 atom stereocenters. The van der Waals surface area contributed by atoms with Gasteiger partial charge >= 0.3 is 5.97 Å². The summed E-state index contributed by atoms with van der Waals surface area (Å²) in [4.78, 5) is 21.8. The molecule has 6 nitrogen and oxygen atoms in total. The van der Waals surface area contributed by atoms with E-state index in [1.54, 1.807) is 25.1 Å². The number of allylic oxidation sites excluding steroid dienone is 1. The Morgan fingerprint density at radius 3 is 2.84 bits per heavy atom. The molecule has 0 aromatic heterocycles. The summed E-state index contributed by atoms with van der Waals surface area (Å²) in [5.41, 5.74) is 1.12. The van der Waals surface area contributed by atoms with E-state index in [-0.39, 0.29) is 11.6 Å². The average molecular weight is 347 g/mol. The first-order chi connectivity index (χ1) is 11.9. The number of unbranched alkanes of at least 4 members (excludes halogenated alkanes) is 1. The van der Waals surface area contributed by atoms with E-state index in [1.165, 1.54) is 18.2 Å². The van der Waals surface area contributed by atoms with Crippen molar-refractivity contribution in [2.45, 2.75) is 39.2 Å². The Bertz CT molecular complexity index is 638. The highest BCUT2D eigenvalue weighted by Crippen LogP contribution is 2.30. The van der Waals surface area contributed by atoms with Crippen LogP contribution in [-0.4, -0.2) is 22.6 Å². The number of aliphatic hydroxyl groups is 1. The number of hydrogen-bond acceptors (Lipinski definition) is 5. The fourth-order valence-corrected chi connectivity index (χ4v) is 2.19. The zero-order valence-corrected chi connectivity index (χ0v) is 14.7. The van der Waals surface area contributed by atoms with Gasteiger partial charge in [0.25, 0.3) is 5.69 Å². The average Bonchev–Trinajstić information content (AvgIpc) is 2.60. The number of hydrogen-bond donors (Lipinski definition) is 1. The van der Waals surface area contributed by atoms with E-state index in [0.717, 1.165) is 18.4 Å². The maximum atomic E-state index is 11.5. The van der Waals surface area contributed by atoms with Gasteiger partial charge in [0.1, 0.15) is 0 Å². The van der Waals surface area contributed by atoms with Gasteiger partial charge in [-0.3, -0.25) is 10.1 Å². The molecule has 0 radical (unpaired) electrons. The van der Waals surface area contributed by atoms with Crippen molar-refractivity contribution >= 4 is 11.7 Å². The standard InChI is InChI=1S/C19H25NO5/c1-4-5-12-25-18(21)11-6-8-14(2)15(3)19(22)16-9-7-10-17(13-16)20(23)24/h6-7,9-11,13,15,19,22H,2,4-5,8,12H2,1,3H3/b11-6+/t15-,19-/m1/s1. The van der Waals surface area contributed by atoms with Crippen molar-refractivity contribution in [3.63, 3.8) is 0 Å². The molecule has 0 spiro atoms. The summed E-state index contributed by atoms with van der Waals surface area (Å²) in [5.74, 6) is -0.712. The van der Waals surface area contributed by atoms with E-state index in [4.69, 9.17) is 4.74 Å². The topological polar surface area (TPSA) is 89.7 Å². The Kier molecular flexibility index (Phi) is 8.56. The zero-order chi connectivity index (χ0) is 18.8. The molecule has 0 fully saturated rings. The maximum absolute atomic E-state index is 11.5. The van der Waals surface area contributed by atoms with Crippen LogP contribution in [-0.2, 0) is 9.53 Å². The van der Waals surface area contributed by atoms with Gasteiger partial charge in [0.15, 0.2) is 0 Å². The maximum Gasteiger partial charge on any atom is 0.330 e. The molecule has 0 saturated carbocycles. The van der Waals surface area contributed by atoms with Crippen molar-refractivity contribution in [2.24, 2.45) is 5.92 Å². The van der Waals surface area contributed by atoms with E-state index in [0.29, 0.717) is 18.6 Å². The number of carbonyl (C=O) groups excluding carboxylic acids is 1. The first kappa shape index (κ1) is 20.6. The number of nitro benzene ring substituents is 1. The molecule has 0 saturated heterocycles. The van der Waals surface area contributed by atoms with Crippen LogP contribution in [0.25, 0.3) is 0 Å². The number of non-ortho nitro benzene ring substituents is 1. The van der Waals surface area contributed by atoms with Gasteiger partial charge < -0.3 is 9.84 Å². The molecule has 0 heterocycles. The predicted octanol–water partition coefficient (Wildman–Crippen LogP) is 4.11. The van der Waals surface area contributed by atoms with Gasteiger partial charge in [-0.05, 0) is 18.4 Å². The number of aliphatic hydroxyl groups excluding tert-OH is 1. The molecule has 0 aliphatic heterocycles. The molecule has 0 aliphatic carbocycles. The van der Waals surface area contributed by atoms with Crippen molar-refractivity contribution in [3.8, 4) is 0 Å². The van der Waals surface area contributed by atoms with Crippen molar-refractivity contribution in [1.29, 1.82) is 0 Å². The van der Waals surface area contributed by atoms with Crippen molar-refractivity contribution in [3.05, 3.63) is 64.2 Å². The van der Waals surface area contributed by atoms with E-state index in [9.17, 15) is 20.0 Å². The van der Waals surface area contributed by atoms with E-state index in [2.05, 4.69) is 6.58 Å². The number of rotatable bonds is 10. The molecule has 1 N–H and O–H groups in total. The van der Waals surface area contributed by atoms with E-state index in [1.807, 2.05) is 6.92 Å². The van der Waals surface area contributed by atoms with Gasteiger partial charge in [-0.1, -0.05) is 50.6 Å². The Morgan fingerprint density at radius 2 is 2.20 bits per heavy atom. The van der Waals surface area contributed by atoms with Crippen LogP contribution < -0.4 is 0 Å². The minimum absolute atomic E-state index is 0.0657. The minimum Gasteiger partial charge on any atom is -0.463 e. The van der Waals surface area contributed by atoms with Gasteiger partial charge in [-0.25, -0.2) is 4.79 Å². The second-order valence-electron chi connectivity index (χ2n) is 5.87. The molecule has 6 heteroatoms. The molecule has 0 bridgehead atoms. The summed E-state index contributed by atoms with van der Waals surface area (Å²) in [7, 11) is 0. The normalized spacial score (nSPS) is 13.4. The molecule has 136 valence electrons. The smallest absolute Gasteiger partial charge is 0.330 e. The highest BCUT2D eigenvalue weighted by Gasteiger charge is 2.20. The quantitative estimate of drug-likeness (QED) is 0.172. The summed E-state index contributed by atoms with van der Waals surface area (Å²) < 4.78 is 5.01. The lowest BCUT2D eigenvalue weighted by molar-refractivity contribution is -0.385. The first-order valence-electron chi connectivity index (χ1n) is 8.30. The van der Waals surface area contributed by atoms with Gasteiger partial charge in [0.05, 0.1) is 17.6 Å². The predicted molar refractivity (Wildman–Crippen MR) is 96.0 cm³/mol. The molecule has 0 amide bonds. The van der Waals surface area contributed by atoms with Gasteiger partial charge in [-0.2, -0.15) is 0 Å². The monoisotopic (exact) mass is 347 g/mol. The highest BCUT2D eigenvalue weighted by molar-refractivity contribution is 5.81. The van der Waals surface area contributed by atoms with E-state index >= 15 is 0 Å². The van der Waals surface area contributed by atoms with Crippen LogP contribution in [0, 0.1) is 16.0 Å². The number of nitrogens with zero attached hydrogens (tertiary/aromatic N) is 1. The van der Waals surface area contributed by atoms with Crippen molar-refractivity contribution in [1.82, 2.24) is 0 Å². The van der Waals surface area contributed by atoms with Crippen LogP contribution in [0.3, 0.4) is 0 Å². The molecule has 1 aromatic carbocycles. The SMILES string of the molecule is C=C(C/C=C/C(=O)OCCCC)[C@@H](C)[C@@H](O)c1cccc([N+](=O)[O-])c1. The fourth-order valence-electron chi connectivity index (χ4n) is 2.19. The second-order valence-corrected chi connectivity index (χ2v) is 5.87. The summed E-state index contributed by atoms with van der Waals surface area (Å²) in [6, 6.07) is 5.92. The summed E-state index contributed by atoms with van der Waals surface area (Å²) >= 11 is 0. The fraction of sp³-hybridized carbons (Fsp3) is 0.421. The van der Waals surface area contributed by atoms with Gasteiger partial charge in [0.2, 0.25) is 0 Å². The van der Waals surface area contributed by atoms with Crippen molar-refractivity contribution < 1.29 is 19.6 Å². The summed E-state index contributed by atoms with van der Waals surface area (Å²) in [6.45, 7) is 8.15. The molecule has 25 heavy (non-hydrogen) atoms. The van der Waals surface area contributed by atoms with Crippen LogP contribution in [0.15, 0.2) is 48.6 Å².